The zero-order valence-electron chi connectivity index (χ0n) is 13.2. The SMILES string of the molecule is CCCN(CCC)C1CCc2c(O)cccc2C1CC. The first-order valence-corrected chi connectivity index (χ1v) is 8.27. The van der Waals surface area contributed by atoms with Crippen molar-refractivity contribution in [2.45, 2.75) is 64.8 Å². The molecule has 2 atom stereocenters. The van der Waals surface area contributed by atoms with Gasteiger partial charge in [-0.25, -0.2) is 0 Å². The molecule has 2 unspecified atom stereocenters. The van der Waals surface area contributed by atoms with Gasteiger partial charge in [0.05, 0.1) is 0 Å². The number of aromatic hydroxyl groups is 1. The van der Waals surface area contributed by atoms with Gasteiger partial charge in [0, 0.05) is 6.04 Å². The van der Waals surface area contributed by atoms with Crippen molar-refractivity contribution >= 4 is 0 Å². The van der Waals surface area contributed by atoms with Gasteiger partial charge < -0.3 is 5.11 Å². The number of hydrogen-bond donors (Lipinski definition) is 1. The summed E-state index contributed by atoms with van der Waals surface area (Å²) < 4.78 is 0. The second kappa shape index (κ2) is 7.12. The molecule has 2 rings (SSSR count). The van der Waals surface area contributed by atoms with Gasteiger partial charge in [-0.1, -0.05) is 32.9 Å². The van der Waals surface area contributed by atoms with Crippen molar-refractivity contribution in [3.63, 3.8) is 0 Å². The lowest BCUT2D eigenvalue weighted by atomic mass is 9.76. The van der Waals surface area contributed by atoms with E-state index in [2.05, 4.69) is 31.7 Å². The fourth-order valence-corrected chi connectivity index (χ4v) is 3.86. The lowest BCUT2D eigenvalue weighted by Crippen LogP contribution is -2.43. The molecule has 0 amide bonds. The van der Waals surface area contributed by atoms with Gasteiger partial charge in [-0.3, -0.25) is 4.90 Å². The number of phenolic OH excluding ortho intramolecular Hbond substituents is 1. The highest BCUT2D eigenvalue weighted by atomic mass is 16.3. The quantitative estimate of drug-likeness (QED) is 0.835. The maximum Gasteiger partial charge on any atom is 0.119 e. The average molecular weight is 275 g/mol. The normalized spacial score (nSPS) is 22.0. The smallest absolute Gasteiger partial charge is 0.119 e. The van der Waals surface area contributed by atoms with E-state index in [1.165, 1.54) is 43.5 Å². The van der Waals surface area contributed by atoms with Crippen LogP contribution < -0.4 is 0 Å². The molecule has 1 aliphatic rings. The summed E-state index contributed by atoms with van der Waals surface area (Å²) in [4.78, 5) is 2.68. The molecular weight excluding hydrogens is 246 g/mol. The van der Waals surface area contributed by atoms with Gasteiger partial charge in [0.1, 0.15) is 5.75 Å². The third kappa shape index (κ3) is 3.01. The fourth-order valence-electron chi connectivity index (χ4n) is 3.86. The molecule has 0 saturated carbocycles. The Morgan fingerprint density at radius 1 is 1.15 bits per heavy atom. The molecule has 0 fully saturated rings. The first kappa shape index (κ1) is 15.4. The van der Waals surface area contributed by atoms with Crippen LogP contribution in [0.3, 0.4) is 0 Å². The van der Waals surface area contributed by atoms with Crippen molar-refractivity contribution in [3.8, 4) is 5.75 Å². The summed E-state index contributed by atoms with van der Waals surface area (Å²) >= 11 is 0. The molecule has 0 aliphatic heterocycles. The van der Waals surface area contributed by atoms with Crippen LogP contribution in [0.2, 0.25) is 0 Å². The second-order valence-electron chi connectivity index (χ2n) is 6.00. The Hall–Kier alpha value is -1.02. The van der Waals surface area contributed by atoms with Crippen LogP contribution in [0.15, 0.2) is 18.2 Å². The number of nitrogens with zero attached hydrogens (tertiary/aromatic N) is 1. The zero-order chi connectivity index (χ0) is 14.5. The summed E-state index contributed by atoms with van der Waals surface area (Å²) in [6, 6.07) is 6.71. The summed E-state index contributed by atoms with van der Waals surface area (Å²) in [6.45, 7) is 9.22. The predicted molar refractivity (Wildman–Crippen MR) is 85.4 cm³/mol. The molecule has 2 nitrogen and oxygen atoms in total. The molecular formula is C18H29NO. The predicted octanol–water partition coefficient (Wildman–Crippen LogP) is 4.32. The van der Waals surface area contributed by atoms with Crippen LogP contribution in [-0.2, 0) is 6.42 Å². The van der Waals surface area contributed by atoms with Crippen LogP contribution in [0.1, 0.15) is 63.5 Å². The van der Waals surface area contributed by atoms with Crippen molar-refractivity contribution in [2.75, 3.05) is 13.1 Å². The number of hydrogen-bond acceptors (Lipinski definition) is 2. The van der Waals surface area contributed by atoms with Crippen LogP contribution in [0.25, 0.3) is 0 Å². The number of rotatable bonds is 6. The molecule has 0 radical (unpaired) electrons. The monoisotopic (exact) mass is 275 g/mol. The highest BCUT2D eigenvalue weighted by Crippen LogP contribution is 2.40. The molecule has 0 saturated heterocycles. The van der Waals surface area contributed by atoms with Gasteiger partial charge in [0.15, 0.2) is 0 Å². The Morgan fingerprint density at radius 2 is 1.85 bits per heavy atom. The summed E-state index contributed by atoms with van der Waals surface area (Å²) in [5.41, 5.74) is 2.59. The van der Waals surface area contributed by atoms with Gasteiger partial charge >= 0.3 is 0 Å². The van der Waals surface area contributed by atoms with Gasteiger partial charge in [-0.15, -0.1) is 0 Å². The Bertz CT molecular complexity index is 423. The molecule has 0 aromatic heterocycles. The standard InChI is InChI=1S/C18H29NO/c1-4-12-19(13-5-2)17-11-10-16-15(14(17)6-3)8-7-9-18(16)20/h7-9,14,17,20H,4-6,10-13H2,1-3H3. The van der Waals surface area contributed by atoms with Crippen molar-refractivity contribution < 1.29 is 5.11 Å². The fraction of sp³-hybridized carbons (Fsp3) is 0.667. The Morgan fingerprint density at radius 3 is 2.45 bits per heavy atom. The van der Waals surface area contributed by atoms with Gasteiger partial charge in [0.25, 0.3) is 0 Å². The van der Waals surface area contributed by atoms with E-state index in [4.69, 9.17) is 0 Å². The summed E-state index contributed by atoms with van der Waals surface area (Å²) in [7, 11) is 0. The minimum Gasteiger partial charge on any atom is -0.508 e. The molecule has 0 bridgehead atoms. The Kier molecular flexibility index (Phi) is 5.47. The van der Waals surface area contributed by atoms with Crippen LogP contribution in [0, 0.1) is 0 Å². The molecule has 0 spiro atoms. The van der Waals surface area contributed by atoms with Crippen molar-refractivity contribution in [3.05, 3.63) is 29.3 Å². The molecule has 1 aromatic rings. The van der Waals surface area contributed by atoms with Gasteiger partial charge in [0.2, 0.25) is 0 Å². The van der Waals surface area contributed by atoms with E-state index in [-0.39, 0.29) is 0 Å². The first-order chi connectivity index (χ1) is 9.72. The van der Waals surface area contributed by atoms with E-state index in [9.17, 15) is 5.11 Å². The molecule has 0 heterocycles. The summed E-state index contributed by atoms with van der Waals surface area (Å²) in [5, 5.41) is 10.1. The van der Waals surface area contributed by atoms with E-state index in [1.807, 2.05) is 12.1 Å². The molecule has 1 aliphatic carbocycles. The van der Waals surface area contributed by atoms with Crippen LogP contribution >= 0.6 is 0 Å². The molecule has 1 N–H and O–H groups in total. The second-order valence-corrected chi connectivity index (χ2v) is 6.00. The van der Waals surface area contributed by atoms with E-state index < -0.39 is 0 Å². The van der Waals surface area contributed by atoms with Crippen LogP contribution in [0.5, 0.6) is 5.75 Å². The maximum atomic E-state index is 10.1. The van der Waals surface area contributed by atoms with E-state index in [0.29, 0.717) is 17.7 Å². The Balaban J connectivity index is 2.28. The first-order valence-electron chi connectivity index (χ1n) is 8.27. The van der Waals surface area contributed by atoms with Crippen LogP contribution in [0.4, 0.5) is 0 Å². The Labute approximate surface area is 123 Å². The van der Waals surface area contributed by atoms with Crippen LogP contribution in [-0.4, -0.2) is 29.1 Å². The third-order valence-corrected chi connectivity index (χ3v) is 4.67. The van der Waals surface area contributed by atoms with E-state index in [1.54, 1.807) is 0 Å². The largest absolute Gasteiger partial charge is 0.508 e. The summed E-state index contributed by atoms with van der Waals surface area (Å²) in [6.07, 6.45) is 5.81. The number of phenols is 1. The highest BCUT2D eigenvalue weighted by Gasteiger charge is 2.32. The van der Waals surface area contributed by atoms with Crippen molar-refractivity contribution in [1.82, 2.24) is 4.90 Å². The zero-order valence-corrected chi connectivity index (χ0v) is 13.2. The molecule has 1 aromatic carbocycles. The van der Waals surface area contributed by atoms with E-state index >= 15 is 0 Å². The van der Waals surface area contributed by atoms with Crippen molar-refractivity contribution in [2.24, 2.45) is 0 Å². The maximum absolute atomic E-state index is 10.1. The highest BCUT2D eigenvalue weighted by molar-refractivity contribution is 5.43. The van der Waals surface area contributed by atoms with Crippen molar-refractivity contribution in [1.29, 1.82) is 0 Å². The molecule has 112 valence electrons. The summed E-state index contributed by atoms with van der Waals surface area (Å²) in [5.74, 6) is 1.07. The van der Waals surface area contributed by atoms with Gasteiger partial charge in [-0.2, -0.15) is 0 Å². The lowest BCUT2D eigenvalue weighted by Gasteiger charge is -2.41. The average Bonchev–Trinajstić information content (AvgIpc) is 2.46. The van der Waals surface area contributed by atoms with Gasteiger partial charge in [-0.05, 0) is 68.3 Å². The lowest BCUT2D eigenvalue weighted by molar-refractivity contribution is 0.151. The third-order valence-electron chi connectivity index (χ3n) is 4.67. The topological polar surface area (TPSA) is 23.5 Å². The molecule has 20 heavy (non-hydrogen) atoms. The minimum absolute atomic E-state index is 0.497. The molecule has 2 heteroatoms. The van der Waals surface area contributed by atoms with E-state index in [0.717, 1.165) is 12.8 Å². The minimum atomic E-state index is 0.497. The number of fused-ring (bicyclic) bond motifs is 1. The number of benzene rings is 1.